The second-order valence-corrected chi connectivity index (χ2v) is 5.85. The van der Waals surface area contributed by atoms with Gasteiger partial charge in [0.2, 0.25) is 0 Å². The standard InChI is InChI=1S/C15H26N4O2/c1-5-14(15(20)21)19-8-6-18(7-9-19)10-13-11(2)16-17(4)12(13)3/h14H,5-10H2,1-4H3,(H,20,21). The Balaban J connectivity index is 1.94. The lowest BCUT2D eigenvalue weighted by molar-refractivity contribution is -0.144. The van der Waals surface area contributed by atoms with Crippen LogP contribution in [0.5, 0.6) is 0 Å². The molecule has 6 heteroatoms. The van der Waals surface area contributed by atoms with Gasteiger partial charge in [-0.15, -0.1) is 0 Å². The Bertz CT molecular complexity index is 504. The van der Waals surface area contributed by atoms with Crippen LogP contribution in [0.25, 0.3) is 0 Å². The van der Waals surface area contributed by atoms with Gasteiger partial charge in [-0.2, -0.15) is 5.10 Å². The van der Waals surface area contributed by atoms with Crippen LogP contribution in [0.4, 0.5) is 0 Å². The predicted octanol–water partition coefficient (Wildman–Crippen LogP) is 1.02. The van der Waals surface area contributed by atoms with Gasteiger partial charge in [0.15, 0.2) is 0 Å². The van der Waals surface area contributed by atoms with Gasteiger partial charge < -0.3 is 5.11 Å². The molecule has 6 nitrogen and oxygen atoms in total. The van der Waals surface area contributed by atoms with Gasteiger partial charge in [-0.05, 0) is 20.3 Å². The van der Waals surface area contributed by atoms with Crippen molar-refractivity contribution in [1.29, 1.82) is 0 Å². The molecule has 1 aliphatic heterocycles. The van der Waals surface area contributed by atoms with Gasteiger partial charge in [0.25, 0.3) is 0 Å². The molecule has 1 unspecified atom stereocenters. The predicted molar refractivity (Wildman–Crippen MR) is 81.2 cm³/mol. The van der Waals surface area contributed by atoms with Crippen molar-refractivity contribution < 1.29 is 9.90 Å². The number of carbonyl (C=O) groups is 1. The smallest absolute Gasteiger partial charge is 0.320 e. The maximum Gasteiger partial charge on any atom is 0.320 e. The molecule has 0 bridgehead atoms. The monoisotopic (exact) mass is 294 g/mol. The minimum Gasteiger partial charge on any atom is -0.480 e. The highest BCUT2D eigenvalue weighted by atomic mass is 16.4. The van der Waals surface area contributed by atoms with Crippen LogP contribution in [0, 0.1) is 13.8 Å². The molecule has 0 spiro atoms. The summed E-state index contributed by atoms with van der Waals surface area (Å²) in [6.07, 6.45) is 0.663. The van der Waals surface area contributed by atoms with Gasteiger partial charge in [0.05, 0.1) is 5.69 Å². The number of rotatable bonds is 5. The van der Waals surface area contributed by atoms with E-state index >= 15 is 0 Å². The van der Waals surface area contributed by atoms with Crippen LogP contribution in [0.3, 0.4) is 0 Å². The molecule has 0 aromatic carbocycles. The molecular formula is C15H26N4O2. The summed E-state index contributed by atoms with van der Waals surface area (Å²) in [6, 6.07) is -0.339. The number of carboxylic acid groups (broad SMARTS) is 1. The van der Waals surface area contributed by atoms with E-state index in [0.29, 0.717) is 6.42 Å². The van der Waals surface area contributed by atoms with Crippen molar-refractivity contribution in [3.05, 3.63) is 17.0 Å². The highest BCUT2D eigenvalue weighted by Gasteiger charge is 2.27. The molecule has 1 aliphatic rings. The van der Waals surface area contributed by atoms with Gasteiger partial charge in [-0.3, -0.25) is 19.3 Å². The van der Waals surface area contributed by atoms with E-state index in [-0.39, 0.29) is 6.04 Å². The third-order valence-electron chi connectivity index (χ3n) is 4.56. The lowest BCUT2D eigenvalue weighted by atomic mass is 10.1. The quantitative estimate of drug-likeness (QED) is 0.878. The van der Waals surface area contributed by atoms with Gasteiger partial charge in [-0.1, -0.05) is 6.92 Å². The minimum atomic E-state index is -0.704. The fraction of sp³-hybridized carbons (Fsp3) is 0.733. The molecule has 0 radical (unpaired) electrons. The van der Waals surface area contributed by atoms with Crippen LogP contribution in [-0.4, -0.2) is 62.9 Å². The normalized spacial score (nSPS) is 18.9. The van der Waals surface area contributed by atoms with Crippen LogP contribution >= 0.6 is 0 Å². The number of hydrogen-bond donors (Lipinski definition) is 1. The van der Waals surface area contributed by atoms with E-state index in [1.54, 1.807) is 0 Å². The maximum absolute atomic E-state index is 11.2. The molecular weight excluding hydrogens is 268 g/mol. The Kier molecular flexibility index (Phi) is 5.00. The Morgan fingerprint density at radius 1 is 1.29 bits per heavy atom. The average molecular weight is 294 g/mol. The first-order valence-corrected chi connectivity index (χ1v) is 7.62. The van der Waals surface area contributed by atoms with Crippen LogP contribution in [0.2, 0.25) is 0 Å². The fourth-order valence-corrected chi connectivity index (χ4v) is 3.09. The molecule has 118 valence electrons. The molecule has 1 aromatic heterocycles. The van der Waals surface area contributed by atoms with Crippen molar-refractivity contribution in [2.45, 2.75) is 39.8 Å². The second-order valence-electron chi connectivity index (χ2n) is 5.85. The molecule has 1 fully saturated rings. The zero-order valence-electron chi connectivity index (χ0n) is 13.5. The third kappa shape index (κ3) is 3.44. The van der Waals surface area contributed by atoms with Gasteiger partial charge in [-0.25, -0.2) is 0 Å². The van der Waals surface area contributed by atoms with Gasteiger partial charge in [0, 0.05) is 51.0 Å². The molecule has 0 saturated carbocycles. The number of carboxylic acids is 1. The fourth-order valence-electron chi connectivity index (χ4n) is 3.09. The molecule has 21 heavy (non-hydrogen) atoms. The summed E-state index contributed by atoms with van der Waals surface area (Å²) in [6.45, 7) is 10.5. The number of aliphatic carboxylic acids is 1. The topological polar surface area (TPSA) is 61.6 Å². The highest BCUT2D eigenvalue weighted by molar-refractivity contribution is 5.73. The lowest BCUT2D eigenvalue weighted by Gasteiger charge is -2.37. The molecule has 1 saturated heterocycles. The second kappa shape index (κ2) is 6.58. The summed E-state index contributed by atoms with van der Waals surface area (Å²) < 4.78 is 1.93. The van der Waals surface area contributed by atoms with Crippen molar-refractivity contribution in [2.24, 2.45) is 7.05 Å². The lowest BCUT2D eigenvalue weighted by Crippen LogP contribution is -2.52. The van der Waals surface area contributed by atoms with E-state index in [4.69, 9.17) is 0 Å². The molecule has 0 aliphatic carbocycles. The van der Waals surface area contributed by atoms with E-state index in [2.05, 4.69) is 28.7 Å². The molecule has 2 heterocycles. The van der Waals surface area contributed by atoms with E-state index in [1.807, 2.05) is 18.7 Å². The van der Waals surface area contributed by atoms with Crippen molar-refractivity contribution in [3.8, 4) is 0 Å². The maximum atomic E-state index is 11.2. The molecule has 0 amide bonds. The number of nitrogens with zero attached hydrogens (tertiary/aromatic N) is 4. The molecule has 1 aromatic rings. The Labute approximate surface area is 126 Å². The summed E-state index contributed by atoms with van der Waals surface area (Å²) in [7, 11) is 1.97. The van der Waals surface area contributed by atoms with E-state index in [0.717, 1.165) is 38.4 Å². The first-order valence-electron chi connectivity index (χ1n) is 7.62. The first-order chi connectivity index (χ1) is 9.93. The summed E-state index contributed by atoms with van der Waals surface area (Å²) in [5, 5.41) is 13.7. The zero-order chi connectivity index (χ0) is 15.6. The van der Waals surface area contributed by atoms with E-state index in [9.17, 15) is 9.90 Å². The summed E-state index contributed by atoms with van der Waals surface area (Å²) >= 11 is 0. The minimum absolute atomic E-state index is 0.339. The Morgan fingerprint density at radius 2 is 1.90 bits per heavy atom. The third-order valence-corrected chi connectivity index (χ3v) is 4.56. The van der Waals surface area contributed by atoms with Crippen LogP contribution in [0.1, 0.15) is 30.3 Å². The molecule has 2 rings (SSSR count). The summed E-state index contributed by atoms with van der Waals surface area (Å²) in [5.74, 6) is -0.704. The van der Waals surface area contributed by atoms with Crippen molar-refractivity contribution in [2.75, 3.05) is 26.2 Å². The largest absolute Gasteiger partial charge is 0.480 e. The molecule has 1 N–H and O–H groups in total. The van der Waals surface area contributed by atoms with Crippen molar-refractivity contribution in [1.82, 2.24) is 19.6 Å². The average Bonchev–Trinajstić information content (AvgIpc) is 2.67. The van der Waals surface area contributed by atoms with Crippen molar-refractivity contribution in [3.63, 3.8) is 0 Å². The van der Waals surface area contributed by atoms with Crippen LogP contribution < -0.4 is 0 Å². The Morgan fingerprint density at radius 3 is 2.33 bits per heavy atom. The Hall–Kier alpha value is -1.40. The SMILES string of the molecule is CCC(C(=O)O)N1CCN(Cc2c(C)nn(C)c2C)CC1. The highest BCUT2D eigenvalue weighted by Crippen LogP contribution is 2.17. The first kappa shape index (κ1) is 16.0. The van der Waals surface area contributed by atoms with E-state index < -0.39 is 5.97 Å². The summed E-state index contributed by atoms with van der Waals surface area (Å²) in [4.78, 5) is 15.7. The van der Waals surface area contributed by atoms with Gasteiger partial charge >= 0.3 is 5.97 Å². The number of piperazine rings is 1. The number of aromatic nitrogens is 2. The van der Waals surface area contributed by atoms with Crippen LogP contribution in [0.15, 0.2) is 0 Å². The molecule has 1 atom stereocenters. The number of hydrogen-bond acceptors (Lipinski definition) is 4. The van der Waals surface area contributed by atoms with E-state index in [1.165, 1.54) is 11.3 Å². The van der Waals surface area contributed by atoms with Crippen molar-refractivity contribution >= 4 is 5.97 Å². The number of aryl methyl sites for hydroxylation is 2. The van der Waals surface area contributed by atoms with Crippen LogP contribution in [-0.2, 0) is 18.4 Å². The summed E-state index contributed by atoms with van der Waals surface area (Å²) in [5.41, 5.74) is 3.61. The van der Waals surface area contributed by atoms with Gasteiger partial charge in [0.1, 0.15) is 6.04 Å². The zero-order valence-corrected chi connectivity index (χ0v) is 13.5.